The van der Waals surface area contributed by atoms with Crippen LogP contribution in [0.2, 0.25) is 0 Å². The standard InChI is InChI=1S/C27H36B2FN3O9/c1-17-4-3-5-19(8-9-33(24(17)36)22(23(35)31-2)26(29,38)25(28,37)16-34)42-27(39,40)20-14-18(6-7-21(20)30)15-32-10-12-41-13-11-32/h3-8,14,16,22,37-40H,9-13,15,28-29H2,1-2H3,(H,31,35)/b5-3-,17-4+,19-8-. The number of carbonyl (C=O) groups is 3. The number of likely N-dealkylation sites (N-methyl/N-ethyl adjacent to an activating group) is 1. The van der Waals surface area contributed by atoms with Crippen LogP contribution in [0.25, 0.3) is 0 Å². The van der Waals surface area contributed by atoms with Gasteiger partial charge in [-0.25, -0.2) is 4.39 Å². The van der Waals surface area contributed by atoms with Gasteiger partial charge in [0.2, 0.25) is 5.91 Å². The van der Waals surface area contributed by atoms with Crippen LogP contribution in [0.5, 0.6) is 0 Å². The Bertz CT molecular complexity index is 1280. The zero-order chi connectivity index (χ0) is 31.3. The van der Waals surface area contributed by atoms with Crippen LogP contribution in [-0.2, 0) is 36.4 Å². The summed E-state index contributed by atoms with van der Waals surface area (Å²) in [7, 11) is 3.29. The zero-order valence-electron chi connectivity index (χ0n) is 24.0. The van der Waals surface area contributed by atoms with E-state index in [-0.39, 0.29) is 17.6 Å². The van der Waals surface area contributed by atoms with Crippen molar-refractivity contribution in [1.29, 1.82) is 0 Å². The van der Waals surface area contributed by atoms with E-state index in [1.54, 1.807) is 0 Å². The van der Waals surface area contributed by atoms with E-state index >= 15 is 0 Å². The number of hydrogen-bond acceptors (Lipinski definition) is 10. The lowest BCUT2D eigenvalue weighted by atomic mass is 9.55. The van der Waals surface area contributed by atoms with Crippen molar-refractivity contribution in [3.05, 3.63) is 70.8 Å². The van der Waals surface area contributed by atoms with Crippen molar-refractivity contribution in [3.8, 4) is 0 Å². The predicted octanol–water partition coefficient (Wildman–Crippen LogP) is -3.05. The fraction of sp³-hybridized carbons (Fsp3) is 0.444. The summed E-state index contributed by atoms with van der Waals surface area (Å²) in [5, 5.41) is 45.9. The second kappa shape index (κ2) is 13.3. The molecule has 5 N–H and O–H groups in total. The molecule has 226 valence electrons. The van der Waals surface area contributed by atoms with Gasteiger partial charge in [0.05, 0.1) is 24.3 Å². The van der Waals surface area contributed by atoms with Crippen LogP contribution in [-0.4, -0.2) is 121 Å². The minimum atomic E-state index is -3.14. The van der Waals surface area contributed by atoms with Crippen molar-refractivity contribution in [2.75, 3.05) is 39.9 Å². The van der Waals surface area contributed by atoms with Crippen molar-refractivity contribution in [3.63, 3.8) is 0 Å². The van der Waals surface area contributed by atoms with Crippen LogP contribution < -0.4 is 5.32 Å². The fourth-order valence-corrected chi connectivity index (χ4v) is 4.61. The number of hydrogen-bond donors (Lipinski definition) is 5. The average Bonchev–Trinajstić information content (AvgIpc) is 3.00. The normalized spacial score (nSPS) is 23.8. The number of benzene rings is 1. The molecule has 2 amide bonds. The SMILES string of the molecule is BC(O)(C=O)C(B)(O)C(C(=O)NC)N1C/C=C(OC(O)(O)c2cc(CN3CCOCC3)ccc2F)/C=C\C=C(/C)C1=O. The van der Waals surface area contributed by atoms with Crippen molar-refractivity contribution in [2.45, 2.75) is 36.5 Å². The molecule has 2 heterocycles. The Morgan fingerprint density at radius 3 is 2.52 bits per heavy atom. The van der Waals surface area contributed by atoms with Crippen LogP contribution in [0.3, 0.4) is 0 Å². The summed E-state index contributed by atoms with van der Waals surface area (Å²) >= 11 is 0. The number of amides is 2. The highest BCUT2D eigenvalue weighted by atomic mass is 19.1. The van der Waals surface area contributed by atoms with Gasteiger partial charge in [-0.1, -0.05) is 18.2 Å². The van der Waals surface area contributed by atoms with E-state index in [0.717, 1.165) is 26.7 Å². The molecule has 2 aliphatic rings. The second-order valence-corrected chi connectivity index (χ2v) is 10.6. The molecule has 1 aromatic rings. The molecule has 0 saturated carbocycles. The highest BCUT2D eigenvalue weighted by Gasteiger charge is 2.53. The summed E-state index contributed by atoms with van der Waals surface area (Å²) in [6, 6.07) is 2.13. The van der Waals surface area contributed by atoms with E-state index in [0.29, 0.717) is 38.4 Å². The third kappa shape index (κ3) is 7.35. The minimum Gasteiger partial charge on any atom is -0.436 e. The van der Waals surface area contributed by atoms with Gasteiger partial charge in [0.25, 0.3) is 5.91 Å². The molecule has 15 heteroatoms. The number of aliphatic hydroxyl groups is 4. The highest BCUT2D eigenvalue weighted by Crippen LogP contribution is 2.29. The van der Waals surface area contributed by atoms with E-state index in [1.165, 1.54) is 50.4 Å². The van der Waals surface area contributed by atoms with Crippen LogP contribution in [0.1, 0.15) is 18.1 Å². The van der Waals surface area contributed by atoms with Gasteiger partial charge in [0.15, 0.2) is 7.85 Å². The van der Waals surface area contributed by atoms with Gasteiger partial charge in [0.1, 0.15) is 37.3 Å². The number of allylic oxidation sites excluding steroid dienone is 3. The first-order valence-electron chi connectivity index (χ1n) is 13.4. The maximum absolute atomic E-state index is 14.8. The molecule has 3 atom stereocenters. The van der Waals surface area contributed by atoms with E-state index in [4.69, 9.17) is 9.47 Å². The number of nitrogens with one attached hydrogen (secondary N) is 1. The monoisotopic (exact) mass is 587 g/mol. The van der Waals surface area contributed by atoms with Gasteiger partial charge in [0, 0.05) is 38.8 Å². The van der Waals surface area contributed by atoms with E-state index < -0.39 is 52.8 Å². The van der Waals surface area contributed by atoms with Crippen LogP contribution >= 0.6 is 0 Å². The number of rotatable bonds is 10. The Kier molecular flexibility index (Phi) is 10.5. The summed E-state index contributed by atoms with van der Waals surface area (Å²) < 4.78 is 25.6. The summed E-state index contributed by atoms with van der Waals surface area (Å²) in [4.78, 5) is 40.9. The van der Waals surface area contributed by atoms with Gasteiger partial charge in [-0.15, -0.1) is 0 Å². The van der Waals surface area contributed by atoms with Gasteiger partial charge in [-0.2, -0.15) is 0 Å². The first-order chi connectivity index (χ1) is 19.6. The molecule has 42 heavy (non-hydrogen) atoms. The minimum absolute atomic E-state index is 0.0614. The van der Waals surface area contributed by atoms with Gasteiger partial charge >= 0.3 is 5.97 Å². The van der Waals surface area contributed by atoms with Crippen LogP contribution in [0.4, 0.5) is 4.39 Å². The molecule has 3 unspecified atom stereocenters. The summed E-state index contributed by atoms with van der Waals surface area (Å²) in [5.74, 6) is -5.91. The van der Waals surface area contributed by atoms with Gasteiger partial charge in [-0.05, 0) is 36.8 Å². The predicted molar refractivity (Wildman–Crippen MR) is 153 cm³/mol. The number of morpholine rings is 1. The maximum Gasteiger partial charge on any atom is 0.354 e. The molecule has 1 fully saturated rings. The quantitative estimate of drug-likeness (QED) is 0.108. The molecule has 3 rings (SSSR count). The highest BCUT2D eigenvalue weighted by molar-refractivity contribution is 6.33. The van der Waals surface area contributed by atoms with Gasteiger partial charge in [-0.3, -0.25) is 14.5 Å². The zero-order valence-corrected chi connectivity index (χ0v) is 24.0. The number of ether oxygens (including phenoxy) is 2. The Labute approximate surface area is 244 Å². The Hall–Kier alpha value is -3.33. The molecular formula is C27H36B2FN3O9. The molecule has 0 radical (unpaired) electrons. The van der Waals surface area contributed by atoms with Crippen LogP contribution in [0.15, 0.2) is 53.8 Å². The third-order valence-electron chi connectivity index (χ3n) is 7.44. The Balaban J connectivity index is 1.97. The van der Waals surface area contributed by atoms with Crippen molar-refractivity contribution < 1.29 is 48.7 Å². The molecular weight excluding hydrogens is 551 g/mol. The average molecular weight is 587 g/mol. The fourth-order valence-electron chi connectivity index (χ4n) is 4.61. The molecule has 0 spiro atoms. The number of aldehydes is 1. The molecule has 12 nitrogen and oxygen atoms in total. The first kappa shape index (κ1) is 33.2. The topological polar surface area (TPSA) is 169 Å². The maximum atomic E-state index is 14.8. The number of nitrogens with zero attached hydrogens (tertiary/aromatic N) is 2. The Morgan fingerprint density at radius 2 is 1.90 bits per heavy atom. The molecule has 0 bridgehead atoms. The number of halogens is 1. The number of carbonyl (C=O) groups excluding carboxylic acids is 3. The van der Waals surface area contributed by atoms with E-state index in [1.807, 2.05) is 0 Å². The Morgan fingerprint density at radius 1 is 1.24 bits per heavy atom. The first-order valence-corrected chi connectivity index (χ1v) is 13.4. The second-order valence-electron chi connectivity index (χ2n) is 10.6. The van der Waals surface area contributed by atoms with E-state index in [2.05, 4.69) is 10.2 Å². The van der Waals surface area contributed by atoms with Gasteiger partial charge < -0.3 is 44.9 Å². The lowest BCUT2D eigenvalue weighted by molar-refractivity contribution is -0.332. The van der Waals surface area contributed by atoms with Crippen molar-refractivity contribution >= 4 is 33.8 Å². The van der Waals surface area contributed by atoms with Crippen molar-refractivity contribution in [1.82, 2.24) is 15.1 Å². The smallest absolute Gasteiger partial charge is 0.354 e. The molecule has 0 aromatic heterocycles. The lowest BCUT2D eigenvalue weighted by Gasteiger charge is -2.45. The van der Waals surface area contributed by atoms with Crippen LogP contribution in [0, 0.1) is 5.82 Å². The van der Waals surface area contributed by atoms with Crippen molar-refractivity contribution in [2.24, 2.45) is 0 Å². The largest absolute Gasteiger partial charge is 0.436 e. The summed E-state index contributed by atoms with van der Waals surface area (Å²) in [5.41, 5.74) is -4.75. The molecule has 0 aliphatic carbocycles. The molecule has 2 aliphatic heterocycles. The summed E-state index contributed by atoms with van der Waals surface area (Å²) in [6.45, 7) is 3.84. The van der Waals surface area contributed by atoms with E-state index in [9.17, 15) is 39.2 Å². The third-order valence-corrected chi connectivity index (χ3v) is 7.44. The summed E-state index contributed by atoms with van der Waals surface area (Å²) in [6.07, 6.45) is 5.29. The molecule has 1 aromatic carbocycles. The molecule has 1 saturated heterocycles. The lowest BCUT2D eigenvalue weighted by Crippen LogP contribution is -2.72.